The van der Waals surface area contributed by atoms with Crippen LogP contribution in [0.25, 0.3) is 10.9 Å². The Morgan fingerprint density at radius 3 is 2.47 bits per heavy atom. The third kappa shape index (κ3) is 4.52. The highest BCUT2D eigenvalue weighted by molar-refractivity contribution is 7.92. The Hall–Kier alpha value is -3.69. The fraction of sp³-hybridized carbons (Fsp3) is 0.125. The van der Waals surface area contributed by atoms with E-state index in [9.17, 15) is 18.0 Å². The van der Waals surface area contributed by atoms with Crippen molar-refractivity contribution in [2.75, 3.05) is 11.4 Å². The second-order valence-electron chi connectivity index (χ2n) is 7.47. The number of aromatic amines is 1. The number of benzene rings is 3. The number of carbonyl (C=O) groups is 1. The van der Waals surface area contributed by atoms with E-state index in [1.165, 1.54) is 25.2 Å². The molecule has 1 heterocycles. The van der Waals surface area contributed by atoms with Crippen molar-refractivity contribution in [3.05, 3.63) is 99.6 Å². The molecule has 0 aliphatic rings. The van der Waals surface area contributed by atoms with Crippen molar-refractivity contribution in [3.8, 4) is 0 Å². The van der Waals surface area contributed by atoms with Crippen LogP contribution in [0, 0.1) is 0 Å². The summed E-state index contributed by atoms with van der Waals surface area (Å²) in [4.78, 5) is 32.0. The summed E-state index contributed by atoms with van der Waals surface area (Å²) in [6, 6.07) is 19.1. The summed E-state index contributed by atoms with van der Waals surface area (Å²) in [5, 5.41) is 0.437. The number of hydrogen-bond donors (Lipinski definition) is 1. The van der Waals surface area contributed by atoms with Gasteiger partial charge in [0, 0.05) is 7.05 Å². The first-order valence-electron chi connectivity index (χ1n) is 10.2. The molecule has 10 heteroatoms. The number of aromatic nitrogens is 2. The predicted molar refractivity (Wildman–Crippen MR) is 130 cm³/mol. The number of nitrogens with zero attached hydrogens (tertiary/aromatic N) is 2. The minimum atomic E-state index is -3.97. The maximum absolute atomic E-state index is 13.1. The van der Waals surface area contributed by atoms with Crippen LogP contribution in [-0.2, 0) is 14.8 Å². The molecule has 4 rings (SSSR count). The number of para-hydroxylation sites is 2. The van der Waals surface area contributed by atoms with Crippen LogP contribution in [0.5, 0.6) is 0 Å². The van der Waals surface area contributed by atoms with E-state index in [2.05, 4.69) is 9.97 Å². The zero-order valence-electron chi connectivity index (χ0n) is 18.2. The van der Waals surface area contributed by atoms with E-state index < -0.39 is 22.1 Å². The molecule has 0 spiro atoms. The van der Waals surface area contributed by atoms with Crippen molar-refractivity contribution in [2.45, 2.75) is 17.9 Å². The summed E-state index contributed by atoms with van der Waals surface area (Å²) < 4.78 is 32.8. The van der Waals surface area contributed by atoms with Gasteiger partial charge in [-0.25, -0.2) is 18.2 Å². The highest BCUT2D eigenvalue weighted by atomic mass is 35.5. The van der Waals surface area contributed by atoms with Crippen molar-refractivity contribution in [1.29, 1.82) is 0 Å². The topological polar surface area (TPSA) is 109 Å². The lowest BCUT2D eigenvalue weighted by Gasteiger charge is -2.20. The van der Waals surface area contributed by atoms with E-state index >= 15 is 0 Å². The van der Waals surface area contributed by atoms with Crippen LogP contribution in [0.2, 0.25) is 5.02 Å². The number of rotatable bonds is 6. The van der Waals surface area contributed by atoms with Crippen molar-refractivity contribution < 1.29 is 17.9 Å². The molecule has 4 aromatic rings. The molecular weight excluding hydrogens is 478 g/mol. The largest absolute Gasteiger partial charge is 0.451 e. The summed E-state index contributed by atoms with van der Waals surface area (Å²) in [6.07, 6.45) is -0.923. The summed E-state index contributed by atoms with van der Waals surface area (Å²) in [7, 11) is -2.55. The lowest BCUT2D eigenvalue weighted by Crippen LogP contribution is -2.26. The van der Waals surface area contributed by atoms with Crippen molar-refractivity contribution in [2.24, 2.45) is 0 Å². The van der Waals surface area contributed by atoms with Crippen LogP contribution in [0.4, 0.5) is 5.69 Å². The van der Waals surface area contributed by atoms with E-state index in [1.807, 2.05) is 0 Å². The van der Waals surface area contributed by atoms with Gasteiger partial charge in [-0.1, -0.05) is 41.9 Å². The first-order chi connectivity index (χ1) is 16.2. The maximum Gasteiger partial charge on any atom is 0.340 e. The van der Waals surface area contributed by atoms with Crippen molar-refractivity contribution in [1.82, 2.24) is 9.97 Å². The number of sulfonamides is 1. The number of anilines is 1. The van der Waals surface area contributed by atoms with Crippen molar-refractivity contribution in [3.63, 3.8) is 0 Å². The zero-order valence-corrected chi connectivity index (χ0v) is 19.8. The van der Waals surface area contributed by atoms with Gasteiger partial charge in [-0.15, -0.1) is 0 Å². The number of fused-ring (bicyclic) bond motifs is 1. The molecule has 0 saturated heterocycles. The molecule has 0 aliphatic heterocycles. The lowest BCUT2D eigenvalue weighted by atomic mass is 10.2. The zero-order chi connectivity index (χ0) is 24.5. The van der Waals surface area contributed by atoms with E-state index in [-0.39, 0.29) is 26.9 Å². The lowest BCUT2D eigenvalue weighted by molar-refractivity contribution is 0.0320. The molecule has 1 N–H and O–H groups in total. The van der Waals surface area contributed by atoms with E-state index in [0.29, 0.717) is 16.6 Å². The number of esters is 1. The summed E-state index contributed by atoms with van der Waals surface area (Å²) in [6.45, 7) is 1.54. The fourth-order valence-corrected chi connectivity index (χ4v) is 4.75. The number of ether oxygens (including phenoxy) is 1. The fourth-order valence-electron chi connectivity index (χ4n) is 3.33. The molecule has 174 valence electrons. The molecule has 34 heavy (non-hydrogen) atoms. The number of H-pyrrole nitrogens is 1. The van der Waals surface area contributed by atoms with Crippen LogP contribution >= 0.6 is 11.6 Å². The second kappa shape index (κ2) is 9.28. The van der Waals surface area contributed by atoms with Gasteiger partial charge in [0.25, 0.3) is 15.6 Å². The molecule has 3 aromatic carbocycles. The minimum Gasteiger partial charge on any atom is -0.451 e. The van der Waals surface area contributed by atoms with Gasteiger partial charge in [0.05, 0.1) is 32.1 Å². The molecule has 1 unspecified atom stereocenters. The summed E-state index contributed by atoms with van der Waals surface area (Å²) >= 11 is 6.19. The Kier molecular flexibility index (Phi) is 6.41. The average Bonchev–Trinajstić information content (AvgIpc) is 2.84. The van der Waals surface area contributed by atoms with E-state index in [0.717, 1.165) is 4.31 Å². The summed E-state index contributed by atoms with van der Waals surface area (Å²) in [5.41, 5.74) is 0.429. The second-order valence-corrected chi connectivity index (χ2v) is 9.84. The van der Waals surface area contributed by atoms with Gasteiger partial charge in [0.15, 0.2) is 11.9 Å². The van der Waals surface area contributed by atoms with Crippen LogP contribution in [0.1, 0.15) is 29.2 Å². The number of carbonyl (C=O) groups excluding carboxylic acids is 1. The highest BCUT2D eigenvalue weighted by Crippen LogP contribution is 2.27. The van der Waals surface area contributed by atoms with Crippen LogP contribution in [0.3, 0.4) is 0 Å². The quantitative estimate of drug-likeness (QED) is 0.397. The first kappa shape index (κ1) is 23.5. The summed E-state index contributed by atoms with van der Waals surface area (Å²) in [5.74, 6) is -0.700. The molecule has 0 bridgehead atoms. The maximum atomic E-state index is 13.1. The normalized spacial score (nSPS) is 12.3. The Bertz CT molecular complexity index is 1540. The minimum absolute atomic E-state index is 0.0264. The van der Waals surface area contributed by atoms with Crippen LogP contribution in [0.15, 0.2) is 82.5 Å². The molecule has 0 saturated carbocycles. The van der Waals surface area contributed by atoms with Gasteiger partial charge >= 0.3 is 5.97 Å². The third-order valence-corrected chi connectivity index (χ3v) is 7.35. The molecule has 1 atom stereocenters. The molecule has 0 amide bonds. The van der Waals surface area contributed by atoms with Crippen LogP contribution in [-0.4, -0.2) is 31.4 Å². The molecular formula is C24H20ClN3O5S. The Morgan fingerprint density at radius 2 is 1.74 bits per heavy atom. The van der Waals surface area contributed by atoms with Crippen LogP contribution < -0.4 is 9.86 Å². The molecule has 1 aromatic heterocycles. The SMILES string of the molecule is CC(OC(=O)c1cc(S(=O)(=O)N(C)c2ccccc2)ccc1Cl)c1nc2ccccc2c(=O)[nH]1. The number of nitrogens with one attached hydrogen (secondary N) is 1. The van der Waals surface area contributed by atoms with Gasteiger partial charge in [-0.05, 0) is 49.4 Å². The number of halogens is 1. The van der Waals surface area contributed by atoms with Gasteiger partial charge in [0.1, 0.15) is 0 Å². The third-order valence-electron chi connectivity index (χ3n) is 5.24. The molecule has 0 aliphatic carbocycles. The van der Waals surface area contributed by atoms with Gasteiger partial charge < -0.3 is 9.72 Å². The molecule has 8 nitrogen and oxygen atoms in total. The number of hydrogen-bond acceptors (Lipinski definition) is 6. The Balaban J connectivity index is 1.62. The standard InChI is InChI=1S/C24H20ClN3O5S/c1-15(22-26-21-11-7-6-10-18(21)23(29)27-22)33-24(30)19-14-17(12-13-20(19)25)34(31,32)28(2)16-8-4-3-5-9-16/h3-15H,1-2H3,(H,26,27,29). The molecule has 0 fully saturated rings. The highest BCUT2D eigenvalue weighted by Gasteiger charge is 2.25. The van der Waals surface area contributed by atoms with E-state index in [4.69, 9.17) is 16.3 Å². The Morgan fingerprint density at radius 1 is 1.06 bits per heavy atom. The van der Waals surface area contributed by atoms with Gasteiger partial charge in [-0.2, -0.15) is 0 Å². The monoisotopic (exact) mass is 497 g/mol. The van der Waals surface area contributed by atoms with E-state index in [1.54, 1.807) is 61.5 Å². The Labute approximate surface area is 200 Å². The smallest absolute Gasteiger partial charge is 0.340 e. The predicted octanol–water partition coefficient (Wildman–Crippen LogP) is 4.32. The van der Waals surface area contributed by atoms with Crippen molar-refractivity contribution >= 4 is 44.2 Å². The average molecular weight is 498 g/mol. The van der Waals surface area contributed by atoms with Gasteiger partial charge in [0.2, 0.25) is 0 Å². The first-order valence-corrected chi connectivity index (χ1v) is 12.0. The van der Waals surface area contributed by atoms with Gasteiger partial charge in [-0.3, -0.25) is 9.10 Å². The molecule has 0 radical (unpaired) electrons.